The molecule has 1 aliphatic carbocycles. The Labute approximate surface area is 242 Å². The summed E-state index contributed by atoms with van der Waals surface area (Å²) in [5.41, 5.74) is 1.43. The molecule has 1 saturated carbocycles. The molecule has 2 aromatic carbocycles. The molecule has 214 valence electrons. The lowest BCUT2D eigenvalue weighted by atomic mass is 9.76. The molecule has 1 N–H and O–H groups in total. The number of likely N-dealkylation sites (tertiary alicyclic amines) is 1. The summed E-state index contributed by atoms with van der Waals surface area (Å²) >= 11 is 11.9. The minimum Gasteiger partial charge on any atom is -0.370 e. The largest absolute Gasteiger partial charge is 0.370 e. The normalized spacial score (nSPS) is 21.2. The maximum Gasteiger partial charge on any atom is 0.246 e. The molecule has 1 amide bonds. The zero-order valence-corrected chi connectivity index (χ0v) is 24.9. The van der Waals surface area contributed by atoms with Crippen molar-refractivity contribution in [1.82, 2.24) is 14.5 Å². The van der Waals surface area contributed by atoms with Crippen molar-refractivity contribution in [3.05, 3.63) is 64.1 Å². The van der Waals surface area contributed by atoms with Gasteiger partial charge in [-0.05, 0) is 87.2 Å². The Morgan fingerprint density at radius 3 is 2.44 bits per heavy atom. The van der Waals surface area contributed by atoms with E-state index in [-0.39, 0.29) is 35.6 Å². The van der Waals surface area contributed by atoms with Gasteiger partial charge in [-0.15, -0.1) is 0 Å². The fourth-order valence-electron chi connectivity index (χ4n) is 5.80. The van der Waals surface area contributed by atoms with E-state index in [4.69, 9.17) is 27.9 Å². The lowest BCUT2D eigenvalue weighted by Gasteiger charge is -2.39. The summed E-state index contributed by atoms with van der Waals surface area (Å²) in [7, 11) is -2.34. The molecule has 2 fully saturated rings. The molecule has 10 heteroatoms. The number of amides is 1. The van der Waals surface area contributed by atoms with E-state index in [0.717, 1.165) is 17.1 Å². The lowest BCUT2D eigenvalue weighted by molar-refractivity contribution is -0.126. The predicted octanol–water partition coefficient (Wildman–Crippen LogP) is 5.39. The monoisotopic (exact) mass is 595 g/mol. The topological polar surface area (TPSA) is 79.0 Å². The number of nitrogens with zero attached hydrogens (tertiary/aromatic N) is 2. The average molecular weight is 597 g/mol. The number of ether oxygens (including phenoxy) is 1. The van der Waals surface area contributed by atoms with Gasteiger partial charge in [0.15, 0.2) is 0 Å². The second kappa shape index (κ2) is 14.3. The smallest absolute Gasteiger partial charge is 0.246 e. The van der Waals surface area contributed by atoms with Crippen LogP contribution in [0.3, 0.4) is 0 Å². The van der Waals surface area contributed by atoms with Crippen LogP contribution in [-0.2, 0) is 19.6 Å². The van der Waals surface area contributed by atoms with Crippen molar-refractivity contribution in [3.8, 4) is 0 Å². The molecule has 0 radical (unpaired) electrons. The van der Waals surface area contributed by atoms with Crippen LogP contribution in [0.5, 0.6) is 0 Å². The van der Waals surface area contributed by atoms with Crippen LogP contribution >= 0.6 is 23.2 Å². The average Bonchev–Trinajstić information content (AvgIpc) is 3.45. The Hall–Kier alpha value is -1.68. The molecular formula is C29H39Cl2N3O4S. The van der Waals surface area contributed by atoms with E-state index in [0.29, 0.717) is 29.4 Å². The van der Waals surface area contributed by atoms with E-state index >= 15 is 0 Å². The standard InChI is InChI=1S/C29H39Cl2N3O4S/c1-33(39(36,37)27-14-13-25(30)19-26(27)31)17-18-38-21-28(35)32-20-22-9-11-24(12-10-22)29(34-15-5-6-16-34)23-7-3-2-4-8-23/h2-4,7-8,13-14,19,22,24,29H,5-6,9-12,15-18,20-21H2,1H3,(H,32,35). The number of carbonyl (C=O) groups excluding carboxylic acids is 1. The first kappa shape index (κ1) is 30.3. The van der Waals surface area contributed by atoms with Gasteiger partial charge in [0.1, 0.15) is 11.5 Å². The highest BCUT2D eigenvalue weighted by Gasteiger charge is 2.33. The molecular weight excluding hydrogens is 557 g/mol. The van der Waals surface area contributed by atoms with Gasteiger partial charge in [0.2, 0.25) is 15.9 Å². The summed E-state index contributed by atoms with van der Waals surface area (Å²) in [5, 5.41) is 3.43. The number of carbonyl (C=O) groups is 1. The molecule has 0 aromatic heterocycles. The zero-order chi connectivity index (χ0) is 27.8. The molecule has 1 saturated heterocycles. The number of likely N-dealkylation sites (N-methyl/N-ethyl adjacent to an activating group) is 1. The van der Waals surface area contributed by atoms with Gasteiger partial charge in [0.25, 0.3) is 0 Å². The predicted molar refractivity (Wildman–Crippen MR) is 156 cm³/mol. The molecule has 1 aliphatic heterocycles. The van der Waals surface area contributed by atoms with Crippen molar-refractivity contribution in [1.29, 1.82) is 0 Å². The van der Waals surface area contributed by atoms with Crippen LogP contribution in [-0.4, -0.2) is 70.0 Å². The molecule has 2 aromatic rings. The van der Waals surface area contributed by atoms with Gasteiger partial charge in [0.05, 0.1) is 11.6 Å². The molecule has 4 rings (SSSR count). The van der Waals surface area contributed by atoms with Gasteiger partial charge in [-0.2, -0.15) is 4.31 Å². The Balaban J connectivity index is 1.16. The lowest BCUT2D eigenvalue weighted by Crippen LogP contribution is -2.37. The molecule has 1 atom stereocenters. The van der Waals surface area contributed by atoms with Crippen molar-refractivity contribution in [2.75, 3.05) is 46.4 Å². The van der Waals surface area contributed by atoms with E-state index in [9.17, 15) is 13.2 Å². The van der Waals surface area contributed by atoms with Crippen molar-refractivity contribution in [2.24, 2.45) is 11.8 Å². The van der Waals surface area contributed by atoms with Crippen LogP contribution in [0, 0.1) is 11.8 Å². The third-order valence-electron chi connectivity index (χ3n) is 7.97. The van der Waals surface area contributed by atoms with Crippen molar-refractivity contribution >= 4 is 39.1 Å². The number of sulfonamides is 1. The first-order valence-electron chi connectivity index (χ1n) is 13.8. The Bertz CT molecular complexity index is 1180. The van der Waals surface area contributed by atoms with Crippen molar-refractivity contribution in [3.63, 3.8) is 0 Å². The molecule has 39 heavy (non-hydrogen) atoms. The number of hydrogen-bond acceptors (Lipinski definition) is 5. The van der Waals surface area contributed by atoms with Crippen LogP contribution in [0.4, 0.5) is 0 Å². The summed E-state index contributed by atoms with van der Waals surface area (Å²) in [5.74, 6) is 0.944. The Kier molecular flexibility index (Phi) is 11.1. The molecule has 0 bridgehead atoms. The second-order valence-electron chi connectivity index (χ2n) is 10.6. The fourth-order valence-corrected chi connectivity index (χ4v) is 7.70. The van der Waals surface area contributed by atoms with E-state index in [1.54, 1.807) is 0 Å². The summed E-state index contributed by atoms with van der Waals surface area (Å²) in [6.07, 6.45) is 7.14. The summed E-state index contributed by atoms with van der Waals surface area (Å²) in [6.45, 7) is 3.11. The summed E-state index contributed by atoms with van der Waals surface area (Å²) < 4.78 is 32.1. The quantitative estimate of drug-likeness (QED) is 0.333. The highest BCUT2D eigenvalue weighted by Crippen LogP contribution is 2.41. The van der Waals surface area contributed by atoms with Crippen LogP contribution in [0.2, 0.25) is 10.0 Å². The van der Waals surface area contributed by atoms with Gasteiger partial charge in [-0.25, -0.2) is 8.42 Å². The number of halogens is 2. The number of benzene rings is 2. The van der Waals surface area contributed by atoms with E-state index < -0.39 is 10.0 Å². The van der Waals surface area contributed by atoms with Crippen LogP contribution in [0.25, 0.3) is 0 Å². The molecule has 2 aliphatic rings. The van der Waals surface area contributed by atoms with Crippen molar-refractivity contribution < 1.29 is 17.9 Å². The summed E-state index contributed by atoms with van der Waals surface area (Å²) in [6, 6.07) is 15.7. The van der Waals surface area contributed by atoms with Gasteiger partial charge in [-0.1, -0.05) is 53.5 Å². The second-order valence-corrected chi connectivity index (χ2v) is 13.5. The minimum atomic E-state index is -3.79. The highest BCUT2D eigenvalue weighted by molar-refractivity contribution is 7.89. The van der Waals surface area contributed by atoms with Crippen molar-refractivity contribution in [2.45, 2.75) is 49.5 Å². The molecule has 7 nitrogen and oxygen atoms in total. The van der Waals surface area contributed by atoms with Crippen LogP contribution in [0.1, 0.15) is 50.1 Å². The molecule has 0 spiro atoms. The fraction of sp³-hybridized carbons (Fsp3) is 0.552. The van der Waals surface area contributed by atoms with Crippen LogP contribution in [0.15, 0.2) is 53.4 Å². The highest BCUT2D eigenvalue weighted by atomic mass is 35.5. The Morgan fingerprint density at radius 1 is 1.08 bits per heavy atom. The first-order chi connectivity index (χ1) is 18.8. The third-order valence-corrected chi connectivity index (χ3v) is 10.5. The van der Waals surface area contributed by atoms with Crippen LogP contribution < -0.4 is 5.32 Å². The Morgan fingerprint density at radius 2 is 1.77 bits per heavy atom. The molecule has 1 unspecified atom stereocenters. The number of rotatable bonds is 12. The zero-order valence-electron chi connectivity index (χ0n) is 22.5. The van der Waals surface area contributed by atoms with Gasteiger partial charge in [-0.3, -0.25) is 9.69 Å². The third kappa shape index (κ3) is 8.18. The number of hydrogen-bond donors (Lipinski definition) is 1. The molecule has 1 heterocycles. The summed E-state index contributed by atoms with van der Waals surface area (Å²) in [4.78, 5) is 15.0. The van der Waals surface area contributed by atoms with E-state index in [2.05, 4.69) is 40.5 Å². The SMILES string of the molecule is CN(CCOCC(=O)NCC1CCC(C(c2ccccc2)N2CCCC2)CC1)S(=O)(=O)c1ccc(Cl)cc1Cl. The van der Waals surface area contributed by atoms with Gasteiger partial charge in [0, 0.05) is 31.2 Å². The van der Waals surface area contributed by atoms with Gasteiger partial charge >= 0.3 is 0 Å². The van der Waals surface area contributed by atoms with Gasteiger partial charge < -0.3 is 10.1 Å². The first-order valence-corrected chi connectivity index (χ1v) is 16.0. The van der Waals surface area contributed by atoms with E-state index in [1.807, 2.05) is 0 Å². The van der Waals surface area contributed by atoms with E-state index in [1.165, 1.54) is 69.6 Å². The minimum absolute atomic E-state index is 0.0148. The maximum absolute atomic E-state index is 12.8. The maximum atomic E-state index is 12.8. The number of nitrogens with one attached hydrogen (secondary N) is 1.